The topological polar surface area (TPSA) is 60.2 Å². The monoisotopic (exact) mass is 437 g/mol. The van der Waals surface area contributed by atoms with Crippen molar-refractivity contribution in [3.63, 3.8) is 0 Å². The van der Waals surface area contributed by atoms with Crippen LogP contribution in [0.3, 0.4) is 0 Å². The van der Waals surface area contributed by atoms with E-state index in [9.17, 15) is 4.39 Å². The Morgan fingerprint density at radius 2 is 1.87 bits per heavy atom. The molecular weight excluding hydrogens is 417 g/mol. The van der Waals surface area contributed by atoms with Gasteiger partial charge in [0.25, 0.3) is 0 Å². The van der Waals surface area contributed by atoms with E-state index in [1.807, 2.05) is 55.5 Å². The Balaban J connectivity index is 1.60. The van der Waals surface area contributed by atoms with Gasteiger partial charge in [-0.25, -0.2) is 4.39 Å². The fourth-order valence-corrected chi connectivity index (χ4v) is 3.63. The van der Waals surface area contributed by atoms with E-state index in [1.165, 1.54) is 12.1 Å². The van der Waals surface area contributed by atoms with E-state index in [4.69, 9.17) is 20.9 Å². The van der Waals surface area contributed by atoms with Gasteiger partial charge >= 0.3 is 0 Å². The molecule has 0 radical (unpaired) electrons. The van der Waals surface area contributed by atoms with E-state index >= 15 is 0 Å². The molecule has 1 heterocycles. The fourth-order valence-electron chi connectivity index (χ4n) is 3.36. The Hall–Kier alpha value is -3.22. The van der Waals surface area contributed by atoms with Crippen molar-refractivity contribution in [3.05, 3.63) is 100 Å². The molecule has 0 amide bonds. The van der Waals surface area contributed by atoms with Crippen LogP contribution in [0, 0.1) is 12.7 Å². The quantitative estimate of drug-likeness (QED) is 0.400. The molecule has 7 heteroatoms. The lowest BCUT2D eigenvalue weighted by Gasteiger charge is -2.20. The molecule has 4 rings (SSSR count). The highest BCUT2D eigenvalue weighted by molar-refractivity contribution is 6.31. The van der Waals surface area contributed by atoms with E-state index in [2.05, 4.69) is 15.5 Å². The number of ether oxygens (including phenoxy) is 1. The first kappa shape index (κ1) is 21.0. The predicted octanol–water partition coefficient (Wildman–Crippen LogP) is 5.73. The molecule has 0 spiro atoms. The highest BCUT2D eigenvalue weighted by atomic mass is 35.5. The number of methoxy groups -OCH3 is 1. The van der Waals surface area contributed by atoms with Gasteiger partial charge in [0, 0.05) is 5.02 Å². The molecule has 1 N–H and O–H groups in total. The average molecular weight is 438 g/mol. The second-order valence-electron chi connectivity index (χ2n) is 7.10. The van der Waals surface area contributed by atoms with Crippen molar-refractivity contribution >= 4 is 11.6 Å². The standard InChI is InChI=1S/C24H21ClFN3O2/c1-15-7-9-16(10-8-15)23(18-12-11-17(26)13-20(18)25)27-14-22-28-24(29-31-22)19-5-3-4-6-21(19)30-2/h3-13,23,27H,14H2,1-2H3. The summed E-state index contributed by atoms with van der Waals surface area (Å²) in [5.74, 6) is 1.14. The zero-order chi connectivity index (χ0) is 21.8. The van der Waals surface area contributed by atoms with Crippen molar-refractivity contribution < 1.29 is 13.7 Å². The first-order valence-electron chi connectivity index (χ1n) is 9.76. The van der Waals surface area contributed by atoms with E-state index in [0.29, 0.717) is 29.0 Å². The van der Waals surface area contributed by atoms with E-state index in [0.717, 1.165) is 22.3 Å². The molecule has 4 aromatic rings. The number of halogens is 2. The zero-order valence-corrected chi connectivity index (χ0v) is 17.9. The maximum Gasteiger partial charge on any atom is 0.240 e. The number of aromatic nitrogens is 2. The van der Waals surface area contributed by atoms with E-state index < -0.39 is 0 Å². The van der Waals surface area contributed by atoms with Gasteiger partial charge in [0.15, 0.2) is 0 Å². The summed E-state index contributed by atoms with van der Waals surface area (Å²) >= 11 is 6.36. The maximum absolute atomic E-state index is 13.6. The summed E-state index contributed by atoms with van der Waals surface area (Å²) in [7, 11) is 1.60. The minimum Gasteiger partial charge on any atom is -0.496 e. The number of nitrogens with zero attached hydrogens (tertiary/aromatic N) is 2. The lowest BCUT2D eigenvalue weighted by atomic mass is 9.97. The maximum atomic E-state index is 13.6. The van der Waals surface area contributed by atoms with Crippen LogP contribution in [-0.4, -0.2) is 17.3 Å². The number of nitrogens with one attached hydrogen (secondary N) is 1. The zero-order valence-electron chi connectivity index (χ0n) is 17.1. The highest BCUT2D eigenvalue weighted by Gasteiger charge is 2.19. The minimum absolute atomic E-state index is 0.282. The average Bonchev–Trinajstić information content (AvgIpc) is 3.25. The molecule has 0 aliphatic carbocycles. The van der Waals surface area contributed by atoms with Crippen molar-refractivity contribution in [2.45, 2.75) is 19.5 Å². The Kier molecular flexibility index (Phi) is 6.30. The lowest BCUT2D eigenvalue weighted by molar-refractivity contribution is 0.362. The molecule has 31 heavy (non-hydrogen) atoms. The number of hydrogen-bond acceptors (Lipinski definition) is 5. The third-order valence-electron chi connectivity index (χ3n) is 4.96. The van der Waals surface area contributed by atoms with Crippen LogP contribution >= 0.6 is 11.6 Å². The van der Waals surface area contributed by atoms with Gasteiger partial charge in [0.1, 0.15) is 11.6 Å². The van der Waals surface area contributed by atoms with Gasteiger partial charge in [0.2, 0.25) is 11.7 Å². The summed E-state index contributed by atoms with van der Waals surface area (Å²) in [4.78, 5) is 4.49. The van der Waals surface area contributed by atoms with Crippen molar-refractivity contribution in [1.29, 1.82) is 0 Å². The number of benzene rings is 3. The first-order valence-corrected chi connectivity index (χ1v) is 10.1. The third kappa shape index (κ3) is 4.76. The Morgan fingerprint density at radius 1 is 1.10 bits per heavy atom. The van der Waals surface area contributed by atoms with E-state index in [-0.39, 0.29) is 11.9 Å². The van der Waals surface area contributed by atoms with Gasteiger partial charge < -0.3 is 9.26 Å². The van der Waals surface area contributed by atoms with Crippen molar-refractivity contribution in [2.75, 3.05) is 7.11 Å². The Morgan fingerprint density at radius 3 is 2.61 bits per heavy atom. The van der Waals surface area contributed by atoms with Crippen LogP contribution in [0.15, 0.2) is 71.3 Å². The molecule has 1 aromatic heterocycles. The van der Waals surface area contributed by atoms with Crippen LogP contribution in [-0.2, 0) is 6.54 Å². The van der Waals surface area contributed by atoms with Gasteiger partial charge in [-0.2, -0.15) is 4.98 Å². The molecule has 0 aliphatic heterocycles. The Labute approximate surface area is 184 Å². The summed E-state index contributed by atoms with van der Waals surface area (Å²) in [5, 5.41) is 7.83. The fraction of sp³-hybridized carbons (Fsp3) is 0.167. The molecule has 0 bridgehead atoms. The summed E-state index contributed by atoms with van der Waals surface area (Å²) in [6.45, 7) is 2.32. The highest BCUT2D eigenvalue weighted by Crippen LogP contribution is 2.30. The molecular formula is C24H21ClFN3O2. The molecule has 0 fully saturated rings. The van der Waals surface area contributed by atoms with E-state index in [1.54, 1.807) is 13.2 Å². The van der Waals surface area contributed by atoms with Crippen LogP contribution in [0.4, 0.5) is 4.39 Å². The van der Waals surface area contributed by atoms with Crippen molar-refractivity contribution in [3.8, 4) is 17.1 Å². The molecule has 3 aromatic carbocycles. The predicted molar refractivity (Wildman–Crippen MR) is 118 cm³/mol. The molecule has 0 aliphatic rings. The second kappa shape index (κ2) is 9.29. The summed E-state index contributed by atoms with van der Waals surface area (Å²) in [6, 6.07) is 19.7. The van der Waals surface area contributed by atoms with Crippen LogP contribution < -0.4 is 10.1 Å². The molecule has 0 saturated carbocycles. The SMILES string of the molecule is COc1ccccc1-c1noc(CNC(c2ccc(C)cc2)c2ccc(F)cc2Cl)n1. The van der Waals surface area contributed by atoms with Gasteiger partial charge in [-0.15, -0.1) is 0 Å². The van der Waals surface area contributed by atoms with Gasteiger partial charge in [-0.05, 0) is 42.3 Å². The van der Waals surface area contributed by atoms with Crippen molar-refractivity contribution in [1.82, 2.24) is 15.5 Å². The largest absolute Gasteiger partial charge is 0.496 e. The number of aryl methyl sites for hydroxylation is 1. The van der Waals surface area contributed by atoms with Crippen LogP contribution in [0.5, 0.6) is 5.75 Å². The Bertz CT molecular complexity index is 1180. The van der Waals surface area contributed by atoms with Gasteiger partial charge in [-0.3, -0.25) is 5.32 Å². The third-order valence-corrected chi connectivity index (χ3v) is 5.28. The normalized spacial score (nSPS) is 12.0. The van der Waals surface area contributed by atoms with Crippen molar-refractivity contribution in [2.24, 2.45) is 0 Å². The first-order chi connectivity index (χ1) is 15.0. The second-order valence-corrected chi connectivity index (χ2v) is 7.51. The number of para-hydroxylation sites is 1. The number of hydrogen-bond donors (Lipinski definition) is 1. The summed E-state index contributed by atoms with van der Waals surface area (Å²) in [6.07, 6.45) is 0. The number of rotatable bonds is 7. The van der Waals surface area contributed by atoms with Crippen LogP contribution in [0.1, 0.15) is 28.6 Å². The van der Waals surface area contributed by atoms with Crippen LogP contribution in [0.25, 0.3) is 11.4 Å². The molecule has 1 atom stereocenters. The smallest absolute Gasteiger partial charge is 0.240 e. The molecule has 5 nitrogen and oxygen atoms in total. The van der Waals surface area contributed by atoms with Gasteiger partial charge in [-0.1, -0.05) is 64.8 Å². The summed E-state index contributed by atoms with van der Waals surface area (Å²) < 4.78 is 24.4. The molecule has 158 valence electrons. The van der Waals surface area contributed by atoms with Crippen LogP contribution in [0.2, 0.25) is 5.02 Å². The molecule has 1 unspecified atom stereocenters. The minimum atomic E-state index is -0.380. The van der Waals surface area contributed by atoms with Gasteiger partial charge in [0.05, 0.1) is 25.3 Å². The molecule has 0 saturated heterocycles. The summed E-state index contributed by atoms with van der Waals surface area (Å²) in [5.41, 5.74) is 3.64. The lowest BCUT2D eigenvalue weighted by Crippen LogP contribution is -2.22.